The van der Waals surface area contributed by atoms with Crippen molar-refractivity contribution < 1.29 is 4.74 Å². The molecule has 0 aliphatic carbocycles. The summed E-state index contributed by atoms with van der Waals surface area (Å²) in [6.45, 7) is 15.7. The van der Waals surface area contributed by atoms with E-state index in [9.17, 15) is 0 Å². The van der Waals surface area contributed by atoms with Gasteiger partial charge in [-0.1, -0.05) is 53.7 Å². The fourth-order valence-electron chi connectivity index (χ4n) is 2.78. The molecule has 1 aliphatic heterocycles. The molecule has 0 radical (unpaired) electrons. The van der Waals surface area contributed by atoms with Crippen LogP contribution in [0.15, 0.2) is 18.2 Å². The maximum Gasteiger partial charge on any atom is 0.123 e. The Morgan fingerprint density at radius 1 is 0.955 bits per heavy atom. The molecule has 0 bridgehead atoms. The van der Waals surface area contributed by atoms with E-state index in [1.165, 1.54) is 11.1 Å². The lowest BCUT2D eigenvalue weighted by molar-refractivity contribution is 0.159. The second kappa shape index (κ2) is 7.23. The highest BCUT2D eigenvalue weighted by Gasteiger charge is 2.25. The van der Waals surface area contributed by atoms with Gasteiger partial charge in [-0.15, -0.1) is 12.4 Å². The number of ether oxygens (including phenoxy) is 1. The summed E-state index contributed by atoms with van der Waals surface area (Å²) in [5.41, 5.74) is 2.98. The van der Waals surface area contributed by atoms with Crippen molar-refractivity contribution in [3.63, 3.8) is 0 Å². The van der Waals surface area contributed by atoms with Crippen LogP contribution in [0.1, 0.15) is 65.5 Å². The number of hydrogen-bond acceptors (Lipinski definition) is 2. The van der Waals surface area contributed by atoms with Gasteiger partial charge in [0, 0.05) is 0 Å². The minimum absolute atomic E-state index is 0. The predicted octanol–water partition coefficient (Wildman–Crippen LogP) is 4.83. The Balaban J connectivity index is 0.00000242. The van der Waals surface area contributed by atoms with Crippen LogP contribution >= 0.6 is 12.4 Å². The van der Waals surface area contributed by atoms with Gasteiger partial charge in [-0.2, -0.15) is 0 Å². The van der Waals surface area contributed by atoms with Crippen LogP contribution in [0.2, 0.25) is 0 Å². The van der Waals surface area contributed by atoms with Gasteiger partial charge >= 0.3 is 0 Å². The van der Waals surface area contributed by atoms with E-state index in [1.54, 1.807) is 0 Å². The molecule has 2 rings (SSSR count). The van der Waals surface area contributed by atoms with E-state index in [-0.39, 0.29) is 23.2 Å². The molecule has 0 aromatic heterocycles. The van der Waals surface area contributed by atoms with Gasteiger partial charge < -0.3 is 10.1 Å². The van der Waals surface area contributed by atoms with Gasteiger partial charge in [0.1, 0.15) is 11.9 Å². The summed E-state index contributed by atoms with van der Waals surface area (Å²) in [5.74, 6) is 1.07. The minimum atomic E-state index is 0. The number of halogens is 1. The quantitative estimate of drug-likeness (QED) is 0.840. The van der Waals surface area contributed by atoms with Crippen molar-refractivity contribution in [3.8, 4) is 5.75 Å². The molecule has 1 N–H and O–H groups in total. The molecule has 0 saturated carbocycles. The molecule has 2 nitrogen and oxygen atoms in total. The molecule has 1 aromatic rings. The summed E-state index contributed by atoms with van der Waals surface area (Å²) < 4.78 is 6.34. The summed E-state index contributed by atoms with van der Waals surface area (Å²) in [6, 6.07) is 6.76. The third-order valence-electron chi connectivity index (χ3n) is 4.23. The first-order valence-corrected chi connectivity index (χ1v) is 8.20. The lowest BCUT2D eigenvalue weighted by atomic mass is 9.80. The molecule has 1 saturated heterocycles. The fourth-order valence-corrected chi connectivity index (χ4v) is 2.78. The average molecular weight is 326 g/mol. The summed E-state index contributed by atoms with van der Waals surface area (Å²) in [5, 5.41) is 3.39. The van der Waals surface area contributed by atoms with Crippen molar-refractivity contribution in [2.24, 2.45) is 0 Å². The number of piperidine rings is 1. The fraction of sp³-hybridized carbons (Fsp3) is 0.684. The van der Waals surface area contributed by atoms with Gasteiger partial charge in [0.2, 0.25) is 0 Å². The van der Waals surface area contributed by atoms with E-state index in [4.69, 9.17) is 4.74 Å². The van der Waals surface area contributed by atoms with Crippen molar-refractivity contribution in [3.05, 3.63) is 29.3 Å². The average Bonchev–Trinajstić information content (AvgIpc) is 2.38. The highest BCUT2D eigenvalue weighted by molar-refractivity contribution is 5.85. The molecular formula is C19H32ClNO. The van der Waals surface area contributed by atoms with Gasteiger partial charge in [-0.05, 0) is 54.0 Å². The number of hydrogen-bond donors (Lipinski definition) is 1. The van der Waals surface area contributed by atoms with Gasteiger partial charge in [-0.25, -0.2) is 0 Å². The highest BCUT2D eigenvalue weighted by atomic mass is 35.5. The van der Waals surface area contributed by atoms with E-state index in [0.717, 1.165) is 31.7 Å². The van der Waals surface area contributed by atoms with Crippen LogP contribution in [0.5, 0.6) is 5.75 Å². The SMILES string of the molecule is CC(C)(C)c1ccc(OC2CCNCC2)c(C(C)(C)C)c1.Cl. The molecule has 126 valence electrons. The van der Waals surface area contributed by atoms with Gasteiger partial charge in [-0.3, -0.25) is 0 Å². The Hall–Kier alpha value is -0.730. The van der Waals surface area contributed by atoms with Crippen LogP contribution in [0, 0.1) is 0 Å². The van der Waals surface area contributed by atoms with E-state index in [1.807, 2.05) is 0 Å². The predicted molar refractivity (Wildman–Crippen MR) is 97.6 cm³/mol. The molecule has 1 heterocycles. The lowest BCUT2D eigenvalue weighted by Crippen LogP contribution is -2.34. The molecule has 3 heteroatoms. The molecule has 22 heavy (non-hydrogen) atoms. The molecule has 1 aromatic carbocycles. The topological polar surface area (TPSA) is 21.3 Å². The van der Waals surface area contributed by atoms with Crippen LogP contribution in [0.3, 0.4) is 0 Å². The van der Waals surface area contributed by atoms with Gasteiger partial charge in [0.15, 0.2) is 0 Å². The molecule has 0 atom stereocenters. The monoisotopic (exact) mass is 325 g/mol. The summed E-state index contributed by atoms with van der Waals surface area (Å²) in [6.07, 6.45) is 2.56. The Morgan fingerprint density at radius 3 is 2.05 bits per heavy atom. The standard InChI is InChI=1S/C19H31NO.ClH/c1-18(2,3)14-7-8-17(16(13-14)19(4,5)6)21-15-9-11-20-12-10-15;/h7-8,13,15,20H,9-12H2,1-6H3;1H. The first-order chi connectivity index (χ1) is 9.68. The number of nitrogens with one attached hydrogen (secondary N) is 1. The van der Waals surface area contributed by atoms with Crippen LogP contribution in [0.25, 0.3) is 0 Å². The zero-order chi connectivity index (χ0) is 15.7. The first-order valence-electron chi connectivity index (χ1n) is 8.20. The molecular weight excluding hydrogens is 294 g/mol. The van der Waals surface area contributed by atoms with Crippen molar-refractivity contribution in [1.29, 1.82) is 0 Å². The third kappa shape index (κ3) is 4.89. The normalized spacial score (nSPS) is 17.0. The molecule has 1 fully saturated rings. The van der Waals surface area contributed by atoms with Crippen LogP contribution < -0.4 is 10.1 Å². The minimum Gasteiger partial charge on any atom is -0.490 e. The summed E-state index contributed by atoms with van der Waals surface area (Å²) >= 11 is 0. The van der Waals surface area contributed by atoms with Crippen LogP contribution in [0.4, 0.5) is 0 Å². The van der Waals surface area contributed by atoms with Crippen molar-refractivity contribution in [1.82, 2.24) is 5.32 Å². The summed E-state index contributed by atoms with van der Waals surface area (Å²) in [7, 11) is 0. The molecule has 0 spiro atoms. The van der Waals surface area contributed by atoms with E-state index in [0.29, 0.717) is 6.10 Å². The summed E-state index contributed by atoms with van der Waals surface area (Å²) in [4.78, 5) is 0. The van der Waals surface area contributed by atoms with E-state index in [2.05, 4.69) is 65.1 Å². The Morgan fingerprint density at radius 2 is 1.55 bits per heavy atom. The maximum atomic E-state index is 6.34. The van der Waals surface area contributed by atoms with Crippen molar-refractivity contribution >= 4 is 12.4 Å². The lowest BCUT2D eigenvalue weighted by Gasteiger charge is -2.30. The van der Waals surface area contributed by atoms with E-state index >= 15 is 0 Å². The third-order valence-corrected chi connectivity index (χ3v) is 4.23. The van der Waals surface area contributed by atoms with Crippen molar-refractivity contribution in [2.75, 3.05) is 13.1 Å². The zero-order valence-electron chi connectivity index (χ0n) is 15.0. The number of benzene rings is 1. The Bertz CT molecular complexity index is 479. The molecule has 0 amide bonds. The smallest absolute Gasteiger partial charge is 0.123 e. The Kier molecular flexibility index (Phi) is 6.35. The Labute approximate surface area is 142 Å². The number of rotatable bonds is 2. The second-order valence-corrected chi connectivity index (χ2v) is 8.28. The first kappa shape index (κ1) is 19.3. The second-order valence-electron chi connectivity index (χ2n) is 8.28. The van der Waals surface area contributed by atoms with Crippen LogP contribution in [-0.2, 0) is 10.8 Å². The van der Waals surface area contributed by atoms with Gasteiger partial charge in [0.05, 0.1) is 0 Å². The maximum absolute atomic E-state index is 6.34. The van der Waals surface area contributed by atoms with Gasteiger partial charge in [0.25, 0.3) is 0 Å². The van der Waals surface area contributed by atoms with Crippen molar-refractivity contribution in [2.45, 2.75) is 71.3 Å². The molecule has 0 unspecified atom stereocenters. The van der Waals surface area contributed by atoms with E-state index < -0.39 is 0 Å². The highest BCUT2D eigenvalue weighted by Crippen LogP contribution is 2.36. The largest absolute Gasteiger partial charge is 0.490 e. The molecule has 1 aliphatic rings. The zero-order valence-corrected chi connectivity index (χ0v) is 15.8. The van der Waals surface area contributed by atoms with Crippen LogP contribution in [-0.4, -0.2) is 19.2 Å².